The molecule has 0 aliphatic carbocycles. The number of aryl methyl sites for hydroxylation is 3. The van der Waals surface area contributed by atoms with Crippen LogP contribution < -0.4 is 4.90 Å². The van der Waals surface area contributed by atoms with Crippen LogP contribution in [0, 0.1) is 20.8 Å². The minimum atomic E-state index is -0.110. The lowest BCUT2D eigenvalue weighted by Gasteiger charge is -2.21. The van der Waals surface area contributed by atoms with Gasteiger partial charge in [0.25, 0.3) is 5.91 Å². The average Bonchev–Trinajstić information content (AvgIpc) is 2.68. The molecule has 4 heteroatoms. The van der Waals surface area contributed by atoms with Crippen molar-refractivity contribution in [3.8, 4) is 0 Å². The molecule has 2 rings (SSSR count). The highest BCUT2D eigenvalue weighted by Gasteiger charge is 2.22. The standard InChI is InChI=1S/C16H18BrNO2/c1-5-18(13-7-10(2)6-11(3)8-13)16(19)15-12(4)9-14(17)20-15/h6-9H,5H2,1-4H3. The molecular weight excluding hydrogens is 318 g/mol. The fourth-order valence-corrected chi connectivity index (χ4v) is 2.83. The van der Waals surface area contributed by atoms with Gasteiger partial charge < -0.3 is 9.32 Å². The lowest BCUT2D eigenvalue weighted by atomic mass is 10.1. The van der Waals surface area contributed by atoms with E-state index in [4.69, 9.17) is 4.42 Å². The third-order valence-electron chi connectivity index (χ3n) is 3.16. The second-order valence-corrected chi connectivity index (χ2v) is 5.74. The van der Waals surface area contributed by atoms with E-state index in [1.807, 2.05) is 45.9 Å². The third kappa shape index (κ3) is 2.96. The highest BCUT2D eigenvalue weighted by Crippen LogP contribution is 2.25. The number of carbonyl (C=O) groups excluding carboxylic acids is 1. The lowest BCUT2D eigenvalue weighted by molar-refractivity contribution is 0.0959. The van der Waals surface area contributed by atoms with E-state index in [2.05, 4.69) is 22.0 Å². The van der Waals surface area contributed by atoms with Gasteiger partial charge in [0, 0.05) is 17.8 Å². The SMILES string of the molecule is CCN(C(=O)c1oc(Br)cc1C)c1cc(C)cc(C)c1. The first kappa shape index (κ1) is 14.9. The van der Waals surface area contributed by atoms with Gasteiger partial charge in [-0.1, -0.05) is 6.07 Å². The molecule has 1 amide bonds. The van der Waals surface area contributed by atoms with Crippen LogP contribution in [-0.4, -0.2) is 12.5 Å². The number of anilines is 1. The van der Waals surface area contributed by atoms with Gasteiger partial charge in [0.1, 0.15) is 0 Å². The number of halogens is 1. The van der Waals surface area contributed by atoms with E-state index in [-0.39, 0.29) is 5.91 Å². The van der Waals surface area contributed by atoms with Crippen LogP contribution >= 0.6 is 15.9 Å². The summed E-state index contributed by atoms with van der Waals surface area (Å²) in [7, 11) is 0. The van der Waals surface area contributed by atoms with Crippen molar-refractivity contribution < 1.29 is 9.21 Å². The van der Waals surface area contributed by atoms with E-state index in [1.54, 1.807) is 4.90 Å². The maximum Gasteiger partial charge on any atom is 0.294 e. The van der Waals surface area contributed by atoms with Crippen molar-refractivity contribution >= 4 is 27.5 Å². The maximum atomic E-state index is 12.6. The predicted octanol–water partition coefficient (Wildman–Crippen LogP) is 4.63. The summed E-state index contributed by atoms with van der Waals surface area (Å²) in [5, 5.41) is 0. The van der Waals surface area contributed by atoms with Gasteiger partial charge in [-0.25, -0.2) is 0 Å². The molecule has 0 spiro atoms. The van der Waals surface area contributed by atoms with E-state index < -0.39 is 0 Å². The van der Waals surface area contributed by atoms with Crippen molar-refractivity contribution in [2.45, 2.75) is 27.7 Å². The Morgan fingerprint density at radius 1 is 1.15 bits per heavy atom. The Bertz CT molecular complexity index is 626. The molecule has 1 aromatic heterocycles. The molecule has 0 N–H and O–H groups in total. The molecule has 2 aromatic rings. The van der Waals surface area contributed by atoms with Crippen molar-refractivity contribution in [1.29, 1.82) is 0 Å². The fourth-order valence-electron chi connectivity index (χ4n) is 2.33. The van der Waals surface area contributed by atoms with Gasteiger partial charge in [-0.05, 0) is 73.0 Å². The van der Waals surface area contributed by atoms with Crippen LogP contribution in [0.2, 0.25) is 0 Å². The number of rotatable bonds is 3. The number of furan rings is 1. The first-order chi connectivity index (χ1) is 9.42. The number of hydrogen-bond donors (Lipinski definition) is 0. The Balaban J connectivity index is 2.41. The first-order valence-electron chi connectivity index (χ1n) is 6.58. The number of amides is 1. The summed E-state index contributed by atoms with van der Waals surface area (Å²) in [5.74, 6) is 0.276. The molecule has 0 bridgehead atoms. The highest BCUT2D eigenvalue weighted by molar-refractivity contribution is 9.10. The van der Waals surface area contributed by atoms with E-state index in [9.17, 15) is 4.79 Å². The summed E-state index contributed by atoms with van der Waals surface area (Å²) in [6.45, 7) is 8.49. The van der Waals surface area contributed by atoms with E-state index in [1.165, 1.54) is 0 Å². The number of benzene rings is 1. The molecule has 0 fully saturated rings. The van der Waals surface area contributed by atoms with Crippen molar-refractivity contribution in [1.82, 2.24) is 0 Å². The Kier molecular flexibility index (Phi) is 4.33. The summed E-state index contributed by atoms with van der Waals surface area (Å²) >= 11 is 3.26. The first-order valence-corrected chi connectivity index (χ1v) is 7.37. The molecule has 0 atom stereocenters. The quantitative estimate of drug-likeness (QED) is 0.818. The smallest absolute Gasteiger partial charge is 0.294 e. The van der Waals surface area contributed by atoms with Crippen LogP contribution in [0.5, 0.6) is 0 Å². The maximum absolute atomic E-state index is 12.6. The molecule has 1 heterocycles. The number of hydrogen-bond acceptors (Lipinski definition) is 2. The van der Waals surface area contributed by atoms with Crippen molar-refractivity contribution in [2.75, 3.05) is 11.4 Å². The normalized spacial score (nSPS) is 10.7. The topological polar surface area (TPSA) is 33.5 Å². The summed E-state index contributed by atoms with van der Waals surface area (Å²) in [6, 6.07) is 7.93. The molecule has 3 nitrogen and oxygen atoms in total. The molecule has 0 unspecified atom stereocenters. The molecular formula is C16H18BrNO2. The molecule has 0 radical (unpaired) electrons. The Morgan fingerprint density at radius 3 is 2.20 bits per heavy atom. The Morgan fingerprint density at radius 2 is 1.75 bits per heavy atom. The molecule has 0 aliphatic rings. The molecule has 20 heavy (non-hydrogen) atoms. The van der Waals surface area contributed by atoms with Crippen molar-refractivity contribution in [3.05, 3.63) is 51.4 Å². The number of nitrogens with zero attached hydrogens (tertiary/aromatic N) is 1. The molecule has 0 saturated carbocycles. The zero-order chi connectivity index (χ0) is 14.9. The monoisotopic (exact) mass is 335 g/mol. The van der Waals surface area contributed by atoms with Crippen molar-refractivity contribution in [2.24, 2.45) is 0 Å². The Hall–Kier alpha value is -1.55. The second kappa shape index (κ2) is 5.83. The van der Waals surface area contributed by atoms with Crippen LogP contribution in [0.1, 0.15) is 34.2 Å². The van der Waals surface area contributed by atoms with Crippen LogP contribution in [-0.2, 0) is 0 Å². The zero-order valence-corrected chi connectivity index (χ0v) is 13.7. The van der Waals surface area contributed by atoms with Gasteiger partial charge in [0.2, 0.25) is 0 Å². The second-order valence-electron chi connectivity index (χ2n) is 4.96. The summed E-state index contributed by atoms with van der Waals surface area (Å²) in [6.07, 6.45) is 0. The molecule has 106 valence electrons. The summed E-state index contributed by atoms with van der Waals surface area (Å²) < 4.78 is 6.04. The highest BCUT2D eigenvalue weighted by atomic mass is 79.9. The van der Waals surface area contributed by atoms with Gasteiger partial charge in [0.15, 0.2) is 10.4 Å². The van der Waals surface area contributed by atoms with Crippen molar-refractivity contribution in [3.63, 3.8) is 0 Å². The van der Waals surface area contributed by atoms with E-state index >= 15 is 0 Å². The largest absolute Gasteiger partial charge is 0.444 e. The van der Waals surface area contributed by atoms with Gasteiger partial charge in [-0.3, -0.25) is 4.79 Å². The van der Waals surface area contributed by atoms with Crippen LogP contribution in [0.3, 0.4) is 0 Å². The van der Waals surface area contributed by atoms with Gasteiger partial charge >= 0.3 is 0 Å². The minimum absolute atomic E-state index is 0.110. The van der Waals surface area contributed by atoms with E-state index in [0.29, 0.717) is 17.0 Å². The fraction of sp³-hybridized carbons (Fsp3) is 0.312. The van der Waals surface area contributed by atoms with E-state index in [0.717, 1.165) is 22.4 Å². The molecule has 0 aliphatic heterocycles. The summed E-state index contributed by atoms with van der Waals surface area (Å²) in [5.41, 5.74) is 4.03. The lowest BCUT2D eigenvalue weighted by Crippen LogP contribution is -2.30. The van der Waals surface area contributed by atoms with Crippen LogP contribution in [0.15, 0.2) is 33.4 Å². The summed E-state index contributed by atoms with van der Waals surface area (Å²) in [4.78, 5) is 14.4. The molecule has 1 aromatic carbocycles. The average molecular weight is 336 g/mol. The predicted molar refractivity (Wildman–Crippen MR) is 84.4 cm³/mol. The molecule has 0 saturated heterocycles. The van der Waals surface area contributed by atoms with Crippen LogP contribution in [0.25, 0.3) is 0 Å². The Labute approximate surface area is 127 Å². The van der Waals surface area contributed by atoms with Gasteiger partial charge in [-0.2, -0.15) is 0 Å². The minimum Gasteiger partial charge on any atom is -0.444 e. The van der Waals surface area contributed by atoms with Gasteiger partial charge in [0.05, 0.1) is 0 Å². The number of carbonyl (C=O) groups is 1. The van der Waals surface area contributed by atoms with Gasteiger partial charge in [-0.15, -0.1) is 0 Å². The van der Waals surface area contributed by atoms with Crippen LogP contribution in [0.4, 0.5) is 5.69 Å². The zero-order valence-electron chi connectivity index (χ0n) is 12.2. The third-order valence-corrected chi connectivity index (χ3v) is 3.55.